The molecule has 0 saturated carbocycles. The molecule has 0 aliphatic carbocycles. The van der Waals surface area contributed by atoms with E-state index in [4.69, 9.17) is 24.2 Å². The fourth-order valence-corrected chi connectivity index (χ4v) is 9.14. The van der Waals surface area contributed by atoms with Crippen molar-refractivity contribution in [2.45, 2.75) is 104 Å². The van der Waals surface area contributed by atoms with Gasteiger partial charge in [0.15, 0.2) is 0 Å². The SMILES string of the molecule is CC[C@@H](C)[C@H](NC(=O)OC)C(=O)N1CCC[C@H]1c1ncc(-c2ccc3c(c2)COc2cc4c(ccc5nc([C@@H]6CC[C@H](C)N6C(=O)[C@@H](NC(=O)OC)C(C)C)[nH]c54)cc2-3)[nH]1. The monoisotopic (exact) mass is 818 g/mol. The van der Waals surface area contributed by atoms with E-state index < -0.39 is 24.3 Å². The number of fused-ring (bicyclic) bond motifs is 6. The fourth-order valence-electron chi connectivity index (χ4n) is 9.14. The molecule has 60 heavy (non-hydrogen) atoms. The average Bonchev–Trinajstić information content (AvgIpc) is 4.09. The van der Waals surface area contributed by atoms with Crippen LogP contribution in [0.2, 0.25) is 0 Å². The van der Waals surface area contributed by atoms with Crippen LogP contribution >= 0.6 is 0 Å². The van der Waals surface area contributed by atoms with E-state index in [9.17, 15) is 19.2 Å². The van der Waals surface area contributed by atoms with Crippen molar-refractivity contribution in [3.63, 3.8) is 0 Å². The van der Waals surface area contributed by atoms with Gasteiger partial charge in [-0.15, -0.1) is 0 Å². The van der Waals surface area contributed by atoms with Crippen LogP contribution in [0.5, 0.6) is 5.75 Å². The number of methoxy groups -OCH3 is 2. The summed E-state index contributed by atoms with van der Waals surface area (Å²) in [7, 11) is 2.59. The van der Waals surface area contributed by atoms with Crippen LogP contribution in [0, 0.1) is 11.8 Å². The second-order valence-corrected chi connectivity index (χ2v) is 16.7. The van der Waals surface area contributed by atoms with Gasteiger partial charge in [0, 0.05) is 23.5 Å². The second kappa shape index (κ2) is 16.5. The highest BCUT2D eigenvalue weighted by Crippen LogP contribution is 2.44. The van der Waals surface area contributed by atoms with Crippen molar-refractivity contribution in [1.82, 2.24) is 40.4 Å². The Morgan fingerprint density at radius 3 is 2.38 bits per heavy atom. The largest absolute Gasteiger partial charge is 0.488 e. The van der Waals surface area contributed by atoms with Crippen molar-refractivity contribution < 1.29 is 33.4 Å². The summed E-state index contributed by atoms with van der Waals surface area (Å²) in [4.78, 5) is 72.6. The van der Waals surface area contributed by atoms with Crippen LogP contribution in [0.15, 0.2) is 48.7 Å². The predicted octanol–water partition coefficient (Wildman–Crippen LogP) is 7.53. The molecule has 0 unspecified atom stereocenters. The number of H-pyrrole nitrogens is 2. The Kier molecular flexibility index (Phi) is 11.2. The number of ether oxygens (including phenoxy) is 3. The van der Waals surface area contributed by atoms with Gasteiger partial charge in [0.25, 0.3) is 0 Å². The number of rotatable bonds is 10. The third-order valence-corrected chi connectivity index (χ3v) is 12.7. The summed E-state index contributed by atoms with van der Waals surface area (Å²) in [5.74, 6) is 1.73. The Balaban J connectivity index is 1.04. The lowest BCUT2D eigenvalue weighted by molar-refractivity contribution is -0.137. The number of amides is 4. The van der Waals surface area contributed by atoms with Gasteiger partial charge in [0.05, 0.1) is 49.2 Å². The Morgan fingerprint density at radius 2 is 1.65 bits per heavy atom. The van der Waals surface area contributed by atoms with E-state index in [-0.39, 0.29) is 41.8 Å². The molecular formula is C45H54N8O7. The summed E-state index contributed by atoms with van der Waals surface area (Å²) in [5.41, 5.74) is 6.61. The topological polar surface area (TPSA) is 184 Å². The van der Waals surface area contributed by atoms with Gasteiger partial charge in [-0.25, -0.2) is 19.6 Å². The molecule has 3 aromatic carbocycles. The predicted molar refractivity (Wildman–Crippen MR) is 226 cm³/mol. The number of nitrogens with zero attached hydrogens (tertiary/aromatic N) is 4. The van der Waals surface area contributed by atoms with Crippen LogP contribution in [0.4, 0.5) is 9.59 Å². The second-order valence-electron chi connectivity index (χ2n) is 16.7. The zero-order chi connectivity index (χ0) is 42.4. The molecule has 2 fully saturated rings. The van der Waals surface area contributed by atoms with Crippen LogP contribution in [0.25, 0.3) is 44.2 Å². The highest BCUT2D eigenvalue weighted by atomic mass is 16.5. The molecule has 15 nitrogen and oxygen atoms in total. The van der Waals surface area contributed by atoms with E-state index in [1.807, 2.05) is 56.7 Å². The molecule has 4 N–H and O–H groups in total. The molecule has 3 aliphatic heterocycles. The molecule has 2 aromatic heterocycles. The number of benzene rings is 3. The van der Waals surface area contributed by atoms with Gasteiger partial charge >= 0.3 is 12.2 Å². The summed E-state index contributed by atoms with van der Waals surface area (Å²) in [5, 5.41) is 7.49. The van der Waals surface area contributed by atoms with E-state index in [2.05, 4.69) is 57.0 Å². The quantitative estimate of drug-likeness (QED) is 0.111. The normalized spacial score (nSPS) is 20.0. The highest BCUT2D eigenvalue weighted by molar-refractivity contribution is 6.07. The minimum atomic E-state index is -0.725. The minimum absolute atomic E-state index is 0.0246. The average molecular weight is 819 g/mol. The maximum absolute atomic E-state index is 14.0. The number of carbonyl (C=O) groups is 4. The molecule has 5 heterocycles. The molecule has 0 bridgehead atoms. The standard InChI is InChI=1S/C45H54N8O7/c1-8-24(4)38(51-45(57)59-7)42(54)52-17-9-10-34(52)40-46-21-33(48-40)27-12-14-29-28(18-27)22-60-36-20-30-26(19-31(29)36)13-15-32-39(30)49-41(47-32)35-16-11-25(5)53(35)43(55)37(23(2)3)50-44(56)58-6/h12-15,18-21,23-25,34-35,37-38H,8-11,16-17,22H2,1-7H3,(H,46,48)(H,47,49)(H,50,56)(H,51,57)/t24-,25+,34+,35+,37+,38+/m1/s1. The number of hydrogen-bond donors (Lipinski definition) is 4. The van der Waals surface area contributed by atoms with Crippen LogP contribution in [-0.4, -0.2) is 92.6 Å². The van der Waals surface area contributed by atoms with Crippen molar-refractivity contribution in [3.05, 3.63) is 65.9 Å². The zero-order valence-electron chi connectivity index (χ0n) is 35.3. The number of aromatic nitrogens is 4. The highest BCUT2D eigenvalue weighted by Gasteiger charge is 2.42. The Bertz CT molecular complexity index is 2460. The molecule has 2 saturated heterocycles. The minimum Gasteiger partial charge on any atom is -0.488 e. The number of hydrogen-bond acceptors (Lipinski definition) is 9. The third-order valence-electron chi connectivity index (χ3n) is 12.7. The first-order chi connectivity index (χ1) is 28.9. The van der Waals surface area contributed by atoms with Crippen molar-refractivity contribution >= 4 is 45.8 Å². The molecule has 3 aliphatic rings. The Hall–Kier alpha value is -6.12. The molecule has 15 heteroatoms. The molecule has 6 atom stereocenters. The third kappa shape index (κ3) is 7.38. The molecule has 316 valence electrons. The Labute approximate surface area is 348 Å². The van der Waals surface area contributed by atoms with E-state index in [1.165, 1.54) is 14.2 Å². The summed E-state index contributed by atoms with van der Waals surface area (Å²) < 4.78 is 16.1. The maximum Gasteiger partial charge on any atom is 0.407 e. The molecule has 4 amide bonds. The van der Waals surface area contributed by atoms with E-state index in [0.717, 1.165) is 87.6 Å². The summed E-state index contributed by atoms with van der Waals surface area (Å²) >= 11 is 0. The molecule has 0 spiro atoms. The number of carbonyl (C=O) groups excluding carboxylic acids is 4. The fraction of sp³-hybridized carbons (Fsp3) is 0.467. The van der Waals surface area contributed by atoms with E-state index in [1.54, 1.807) is 0 Å². The smallest absolute Gasteiger partial charge is 0.407 e. The molecular weight excluding hydrogens is 765 g/mol. The van der Waals surface area contributed by atoms with Gasteiger partial charge in [-0.3, -0.25) is 9.59 Å². The van der Waals surface area contributed by atoms with Crippen molar-refractivity contribution in [3.8, 4) is 28.1 Å². The first kappa shape index (κ1) is 40.7. The van der Waals surface area contributed by atoms with Crippen molar-refractivity contribution in [1.29, 1.82) is 0 Å². The lowest BCUT2D eigenvalue weighted by atomic mass is 9.92. The van der Waals surface area contributed by atoms with E-state index in [0.29, 0.717) is 24.8 Å². The number of aromatic amines is 2. The molecule has 0 radical (unpaired) electrons. The van der Waals surface area contributed by atoms with Crippen molar-refractivity contribution in [2.24, 2.45) is 11.8 Å². The van der Waals surface area contributed by atoms with Crippen LogP contribution < -0.4 is 15.4 Å². The van der Waals surface area contributed by atoms with Crippen LogP contribution in [0.3, 0.4) is 0 Å². The number of likely N-dealkylation sites (tertiary alicyclic amines) is 2. The van der Waals surface area contributed by atoms with Gasteiger partial charge in [-0.05, 0) is 90.8 Å². The summed E-state index contributed by atoms with van der Waals surface area (Å²) in [6, 6.07) is 12.7. The van der Waals surface area contributed by atoms with Crippen molar-refractivity contribution in [2.75, 3.05) is 20.8 Å². The molecule has 8 rings (SSSR count). The van der Waals surface area contributed by atoms with Gasteiger partial charge < -0.3 is 44.6 Å². The Morgan fingerprint density at radius 1 is 0.883 bits per heavy atom. The zero-order valence-corrected chi connectivity index (χ0v) is 35.3. The summed E-state index contributed by atoms with van der Waals surface area (Å²) in [6.07, 6.45) is 4.46. The van der Waals surface area contributed by atoms with Gasteiger partial charge in [-0.2, -0.15) is 0 Å². The van der Waals surface area contributed by atoms with Gasteiger partial charge in [0.1, 0.15) is 36.1 Å². The summed E-state index contributed by atoms with van der Waals surface area (Å²) in [6.45, 7) is 10.8. The molecule has 5 aromatic rings. The van der Waals surface area contributed by atoms with Crippen LogP contribution in [-0.2, 0) is 25.7 Å². The lowest BCUT2D eigenvalue weighted by Gasteiger charge is -2.32. The first-order valence-electron chi connectivity index (χ1n) is 21.0. The number of imidazole rings is 2. The van der Waals surface area contributed by atoms with Crippen LogP contribution in [0.1, 0.15) is 96.0 Å². The van der Waals surface area contributed by atoms with Gasteiger partial charge in [0.2, 0.25) is 11.8 Å². The number of nitrogens with one attached hydrogen (secondary N) is 4. The number of alkyl carbamates (subject to hydrolysis) is 2. The van der Waals surface area contributed by atoms with Gasteiger partial charge in [-0.1, -0.05) is 52.3 Å². The maximum atomic E-state index is 14.0. The van der Waals surface area contributed by atoms with E-state index >= 15 is 0 Å². The lowest BCUT2D eigenvalue weighted by Crippen LogP contribution is -2.52. The first-order valence-corrected chi connectivity index (χ1v) is 21.0.